The van der Waals surface area contributed by atoms with Gasteiger partial charge in [0.1, 0.15) is 17.9 Å². The van der Waals surface area contributed by atoms with Crippen LogP contribution in [0.1, 0.15) is 12.8 Å². The maximum atomic E-state index is 12.5. The van der Waals surface area contributed by atoms with Gasteiger partial charge in [-0.25, -0.2) is 14.6 Å². The van der Waals surface area contributed by atoms with Crippen LogP contribution in [-0.2, 0) is 11.3 Å². The molecule has 9 heteroatoms. The van der Waals surface area contributed by atoms with Crippen molar-refractivity contribution in [3.63, 3.8) is 0 Å². The maximum Gasteiger partial charge on any atom is 0.266 e. The first kappa shape index (κ1) is 21.5. The zero-order valence-electron chi connectivity index (χ0n) is 18.0. The van der Waals surface area contributed by atoms with Crippen molar-refractivity contribution in [1.29, 1.82) is 0 Å². The zero-order valence-corrected chi connectivity index (χ0v) is 18.0. The van der Waals surface area contributed by atoms with Crippen molar-refractivity contribution in [1.82, 2.24) is 25.1 Å². The second-order valence-electron chi connectivity index (χ2n) is 7.63. The predicted octanol–water partition coefficient (Wildman–Crippen LogP) is 1.74. The molecule has 0 saturated carbocycles. The SMILES string of the molecule is COc1ccc(-c2cc(N3CCC(C(=O)NCCn4ncccc4=O)CC3)ncn2)cc1. The summed E-state index contributed by atoms with van der Waals surface area (Å²) in [6.07, 6.45) is 4.63. The third-order valence-electron chi connectivity index (χ3n) is 5.64. The molecule has 1 saturated heterocycles. The molecule has 1 fully saturated rings. The number of benzene rings is 1. The number of nitrogens with one attached hydrogen (secondary N) is 1. The Morgan fingerprint density at radius 2 is 1.94 bits per heavy atom. The summed E-state index contributed by atoms with van der Waals surface area (Å²) < 4.78 is 6.56. The highest BCUT2D eigenvalue weighted by Crippen LogP contribution is 2.26. The molecule has 0 spiro atoms. The van der Waals surface area contributed by atoms with Crippen LogP contribution in [0.3, 0.4) is 0 Å². The summed E-state index contributed by atoms with van der Waals surface area (Å²) in [5, 5.41) is 6.93. The number of aromatic nitrogens is 4. The van der Waals surface area contributed by atoms with Gasteiger partial charge in [0.05, 0.1) is 19.3 Å². The number of rotatable bonds is 7. The van der Waals surface area contributed by atoms with Gasteiger partial charge in [0.25, 0.3) is 5.56 Å². The molecule has 1 aromatic carbocycles. The molecular formula is C23H26N6O3. The van der Waals surface area contributed by atoms with E-state index in [-0.39, 0.29) is 17.4 Å². The monoisotopic (exact) mass is 434 g/mol. The quantitative estimate of drug-likeness (QED) is 0.604. The van der Waals surface area contributed by atoms with Gasteiger partial charge >= 0.3 is 0 Å². The highest BCUT2D eigenvalue weighted by atomic mass is 16.5. The third-order valence-corrected chi connectivity index (χ3v) is 5.64. The van der Waals surface area contributed by atoms with Gasteiger partial charge < -0.3 is 15.0 Å². The second-order valence-corrected chi connectivity index (χ2v) is 7.63. The fourth-order valence-electron chi connectivity index (χ4n) is 3.79. The number of anilines is 1. The van der Waals surface area contributed by atoms with Crippen LogP contribution in [0, 0.1) is 5.92 Å². The van der Waals surface area contributed by atoms with Gasteiger partial charge in [-0.05, 0) is 43.2 Å². The molecule has 0 radical (unpaired) electrons. The van der Waals surface area contributed by atoms with E-state index in [2.05, 4.69) is 25.3 Å². The van der Waals surface area contributed by atoms with Crippen LogP contribution in [0.5, 0.6) is 5.75 Å². The Kier molecular flexibility index (Phi) is 6.74. The van der Waals surface area contributed by atoms with Gasteiger partial charge in [-0.2, -0.15) is 5.10 Å². The Bertz CT molecular complexity index is 1110. The number of hydrogen-bond acceptors (Lipinski definition) is 7. The van der Waals surface area contributed by atoms with Gasteiger partial charge in [0.15, 0.2) is 0 Å². The van der Waals surface area contributed by atoms with Gasteiger partial charge in [-0.1, -0.05) is 0 Å². The van der Waals surface area contributed by atoms with E-state index in [1.807, 2.05) is 30.3 Å². The van der Waals surface area contributed by atoms with Gasteiger partial charge in [-0.15, -0.1) is 0 Å². The third kappa shape index (κ3) is 5.11. The number of piperidine rings is 1. The minimum atomic E-state index is -0.172. The van der Waals surface area contributed by atoms with Crippen LogP contribution in [0.2, 0.25) is 0 Å². The molecule has 4 rings (SSSR count). The minimum absolute atomic E-state index is 0.0234. The van der Waals surface area contributed by atoms with Crippen LogP contribution in [-0.4, -0.2) is 52.4 Å². The summed E-state index contributed by atoms with van der Waals surface area (Å²) in [6, 6.07) is 12.8. The van der Waals surface area contributed by atoms with Crippen molar-refractivity contribution in [2.45, 2.75) is 19.4 Å². The molecule has 0 aliphatic carbocycles. The lowest BCUT2D eigenvalue weighted by Gasteiger charge is -2.32. The molecular weight excluding hydrogens is 408 g/mol. The van der Waals surface area contributed by atoms with E-state index in [4.69, 9.17) is 4.74 Å². The number of carbonyl (C=O) groups is 1. The standard InChI is InChI=1S/C23H26N6O3/c1-32-19-6-4-17(5-7-19)20-15-21(26-16-25-20)28-12-8-18(9-13-28)23(31)24-11-14-29-22(30)3-2-10-27-29/h2-7,10,15-16,18H,8-9,11-14H2,1H3,(H,24,31). The van der Waals surface area contributed by atoms with Crippen molar-refractivity contribution < 1.29 is 9.53 Å². The topological polar surface area (TPSA) is 102 Å². The summed E-state index contributed by atoms with van der Waals surface area (Å²) in [5.41, 5.74) is 1.67. The Labute approximate surface area is 186 Å². The van der Waals surface area contributed by atoms with Gasteiger partial charge in [-0.3, -0.25) is 9.59 Å². The molecule has 1 amide bonds. The first-order chi connectivity index (χ1) is 15.6. The number of carbonyl (C=O) groups excluding carboxylic acids is 1. The lowest BCUT2D eigenvalue weighted by molar-refractivity contribution is -0.125. The smallest absolute Gasteiger partial charge is 0.266 e. The lowest BCUT2D eigenvalue weighted by atomic mass is 9.96. The van der Waals surface area contributed by atoms with Crippen molar-refractivity contribution in [3.8, 4) is 17.0 Å². The summed E-state index contributed by atoms with van der Waals surface area (Å²) in [7, 11) is 1.64. The van der Waals surface area contributed by atoms with E-state index >= 15 is 0 Å². The molecule has 0 bridgehead atoms. The largest absolute Gasteiger partial charge is 0.497 e. The molecule has 3 heterocycles. The molecule has 3 aromatic rings. The predicted molar refractivity (Wildman–Crippen MR) is 120 cm³/mol. The van der Waals surface area contributed by atoms with Crippen LogP contribution < -0.4 is 20.5 Å². The number of ether oxygens (including phenoxy) is 1. The summed E-state index contributed by atoms with van der Waals surface area (Å²) in [6.45, 7) is 2.24. The molecule has 9 nitrogen and oxygen atoms in total. The molecule has 1 N–H and O–H groups in total. The highest BCUT2D eigenvalue weighted by Gasteiger charge is 2.25. The van der Waals surface area contributed by atoms with Crippen LogP contribution in [0.15, 0.2) is 59.8 Å². The first-order valence-corrected chi connectivity index (χ1v) is 10.7. The van der Waals surface area contributed by atoms with Gasteiger partial charge in [0.2, 0.25) is 5.91 Å². The number of amides is 1. The van der Waals surface area contributed by atoms with Crippen LogP contribution in [0.25, 0.3) is 11.3 Å². The molecule has 166 valence electrons. The van der Waals surface area contributed by atoms with E-state index < -0.39 is 0 Å². The lowest BCUT2D eigenvalue weighted by Crippen LogP contribution is -2.42. The minimum Gasteiger partial charge on any atom is -0.497 e. The molecule has 1 aliphatic rings. The molecule has 32 heavy (non-hydrogen) atoms. The van der Waals surface area contributed by atoms with E-state index in [1.54, 1.807) is 25.7 Å². The fourth-order valence-corrected chi connectivity index (χ4v) is 3.79. The average Bonchev–Trinajstić information content (AvgIpc) is 2.85. The van der Waals surface area contributed by atoms with E-state index in [0.717, 1.165) is 48.8 Å². The maximum absolute atomic E-state index is 12.5. The van der Waals surface area contributed by atoms with E-state index in [1.165, 1.54) is 10.7 Å². The summed E-state index contributed by atoms with van der Waals surface area (Å²) >= 11 is 0. The zero-order chi connectivity index (χ0) is 22.3. The second kappa shape index (κ2) is 10.0. The number of methoxy groups -OCH3 is 1. The van der Waals surface area contributed by atoms with E-state index in [9.17, 15) is 9.59 Å². The van der Waals surface area contributed by atoms with Crippen molar-refractivity contribution in [3.05, 3.63) is 65.3 Å². The average molecular weight is 435 g/mol. The van der Waals surface area contributed by atoms with Crippen molar-refractivity contribution in [2.75, 3.05) is 31.6 Å². The summed E-state index contributed by atoms with van der Waals surface area (Å²) in [4.78, 5) is 35.2. The van der Waals surface area contributed by atoms with Crippen molar-refractivity contribution in [2.24, 2.45) is 5.92 Å². The Morgan fingerprint density at radius 3 is 2.66 bits per heavy atom. The Hall–Kier alpha value is -3.75. The Morgan fingerprint density at radius 1 is 1.16 bits per heavy atom. The molecule has 2 aromatic heterocycles. The van der Waals surface area contributed by atoms with Crippen molar-refractivity contribution >= 4 is 11.7 Å². The van der Waals surface area contributed by atoms with E-state index in [0.29, 0.717) is 13.1 Å². The number of nitrogens with zero attached hydrogens (tertiary/aromatic N) is 5. The Balaban J connectivity index is 1.30. The molecule has 0 atom stereocenters. The van der Waals surface area contributed by atoms with Crippen LogP contribution >= 0.6 is 0 Å². The fraction of sp³-hybridized carbons (Fsp3) is 0.348. The molecule has 1 aliphatic heterocycles. The van der Waals surface area contributed by atoms with Crippen LogP contribution in [0.4, 0.5) is 5.82 Å². The first-order valence-electron chi connectivity index (χ1n) is 10.7. The summed E-state index contributed by atoms with van der Waals surface area (Å²) in [5.74, 6) is 1.64. The van der Waals surface area contributed by atoms with Gasteiger partial charge in [0, 0.05) is 49.4 Å². The normalized spacial score (nSPS) is 14.2. The highest BCUT2D eigenvalue weighted by molar-refractivity contribution is 5.79. The number of hydrogen-bond donors (Lipinski definition) is 1. The molecule has 0 unspecified atom stereocenters.